The van der Waals surface area contributed by atoms with Gasteiger partial charge in [-0.3, -0.25) is 0 Å². The Morgan fingerprint density at radius 3 is 2.27 bits per heavy atom. The van der Waals surface area contributed by atoms with Gasteiger partial charge >= 0.3 is 5.97 Å². The summed E-state index contributed by atoms with van der Waals surface area (Å²) in [5, 5.41) is 0. The van der Waals surface area contributed by atoms with Crippen molar-refractivity contribution in [3.05, 3.63) is 34.9 Å². The standard InChI is InChI=1S/C19H30O3/c1-5-6-7-8-9-10-18(14-21-4)22-19(20)17-12-15(2)11-16(3)13-17/h11-13,18H,5-10,14H2,1-4H3. The monoisotopic (exact) mass is 306 g/mol. The Kier molecular flexibility index (Phi) is 8.83. The molecule has 0 saturated carbocycles. The average Bonchev–Trinajstić information content (AvgIpc) is 2.46. The predicted octanol–water partition coefficient (Wildman–Crippen LogP) is 4.84. The van der Waals surface area contributed by atoms with Crippen LogP contribution in [0.2, 0.25) is 0 Å². The molecule has 1 atom stereocenters. The molecule has 0 amide bonds. The van der Waals surface area contributed by atoms with Gasteiger partial charge in [-0.05, 0) is 38.8 Å². The van der Waals surface area contributed by atoms with Gasteiger partial charge in [-0.15, -0.1) is 0 Å². The summed E-state index contributed by atoms with van der Waals surface area (Å²) in [5.74, 6) is -0.248. The van der Waals surface area contributed by atoms with Crippen molar-refractivity contribution in [2.24, 2.45) is 0 Å². The van der Waals surface area contributed by atoms with Crippen LogP contribution in [-0.2, 0) is 9.47 Å². The summed E-state index contributed by atoms with van der Waals surface area (Å²) in [4.78, 5) is 12.3. The topological polar surface area (TPSA) is 35.5 Å². The van der Waals surface area contributed by atoms with Crippen molar-refractivity contribution < 1.29 is 14.3 Å². The lowest BCUT2D eigenvalue weighted by Gasteiger charge is -2.17. The molecule has 22 heavy (non-hydrogen) atoms. The third-order valence-electron chi connectivity index (χ3n) is 3.71. The molecule has 0 saturated heterocycles. The van der Waals surface area contributed by atoms with E-state index in [9.17, 15) is 4.79 Å². The lowest BCUT2D eigenvalue weighted by molar-refractivity contribution is 0.00236. The fourth-order valence-electron chi connectivity index (χ4n) is 2.65. The summed E-state index contributed by atoms with van der Waals surface area (Å²) in [6.07, 6.45) is 6.75. The smallest absolute Gasteiger partial charge is 0.338 e. The van der Waals surface area contributed by atoms with Crippen molar-refractivity contribution in [2.75, 3.05) is 13.7 Å². The summed E-state index contributed by atoms with van der Waals surface area (Å²) in [5.41, 5.74) is 2.79. The third-order valence-corrected chi connectivity index (χ3v) is 3.71. The first-order valence-electron chi connectivity index (χ1n) is 8.35. The molecule has 3 heteroatoms. The molecule has 0 aliphatic carbocycles. The summed E-state index contributed by atoms with van der Waals surface area (Å²) >= 11 is 0. The number of rotatable bonds is 10. The fourth-order valence-corrected chi connectivity index (χ4v) is 2.65. The second-order valence-corrected chi connectivity index (χ2v) is 6.06. The summed E-state index contributed by atoms with van der Waals surface area (Å²) in [7, 11) is 1.65. The molecule has 0 aliphatic heterocycles. The van der Waals surface area contributed by atoms with Crippen LogP contribution >= 0.6 is 0 Å². The van der Waals surface area contributed by atoms with E-state index in [-0.39, 0.29) is 12.1 Å². The first kappa shape index (κ1) is 18.7. The molecule has 0 spiro atoms. The number of aryl methyl sites for hydroxylation is 2. The third kappa shape index (κ3) is 7.08. The first-order chi connectivity index (χ1) is 10.6. The van der Waals surface area contributed by atoms with Crippen molar-refractivity contribution in [3.63, 3.8) is 0 Å². The highest BCUT2D eigenvalue weighted by atomic mass is 16.6. The molecule has 0 aromatic heterocycles. The molecule has 0 heterocycles. The average molecular weight is 306 g/mol. The highest BCUT2D eigenvalue weighted by molar-refractivity contribution is 5.90. The molecule has 0 aliphatic rings. The lowest BCUT2D eigenvalue weighted by Crippen LogP contribution is -2.23. The van der Waals surface area contributed by atoms with Gasteiger partial charge in [-0.2, -0.15) is 0 Å². The maximum atomic E-state index is 12.3. The minimum Gasteiger partial charge on any atom is -0.456 e. The zero-order valence-electron chi connectivity index (χ0n) is 14.5. The van der Waals surface area contributed by atoms with Crippen molar-refractivity contribution >= 4 is 5.97 Å². The van der Waals surface area contributed by atoms with Crippen molar-refractivity contribution in [2.45, 2.75) is 65.4 Å². The zero-order valence-corrected chi connectivity index (χ0v) is 14.5. The maximum Gasteiger partial charge on any atom is 0.338 e. The van der Waals surface area contributed by atoms with E-state index in [0.717, 1.165) is 24.0 Å². The Morgan fingerprint density at radius 1 is 1.05 bits per heavy atom. The van der Waals surface area contributed by atoms with Crippen LogP contribution in [-0.4, -0.2) is 25.8 Å². The maximum absolute atomic E-state index is 12.3. The van der Waals surface area contributed by atoms with Crippen LogP contribution in [0.3, 0.4) is 0 Å². The van der Waals surface area contributed by atoms with Gasteiger partial charge in [0.1, 0.15) is 6.10 Å². The summed E-state index contributed by atoms with van der Waals surface area (Å²) in [6, 6.07) is 5.80. The van der Waals surface area contributed by atoms with Gasteiger partial charge in [-0.25, -0.2) is 4.79 Å². The predicted molar refractivity (Wildman–Crippen MR) is 90.4 cm³/mol. The van der Waals surface area contributed by atoms with E-state index in [1.165, 1.54) is 25.7 Å². The second-order valence-electron chi connectivity index (χ2n) is 6.06. The highest BCUT2D eigenvalue weighted by Crippen LogP contribution is 2.14. The molecule has 1 unspecified atom stereocenters. The molecule has 1 aromatic carbocycles. The number of esters is 1. The van der Waals surface area contributed by atoms with Gasteiger partial charge < -0.3 is 9.47 Å². The number of benzene rings is 1. The van der Waals surface area contributed by atoms with Gasteiger partial charge in [0.05, 0.1) is 12.2 Å². The Morgan fingerprint density at radius 2 is 1.68 bits per heavy atom. The quantitative estimate of drug-likeness (QED) is 0.458. The first-order valence-corrected chi connectivity index (χ1v) is 8.35. The van der Waals surface area contributed by atoms with Crippen LogP contribution in [0.4, 0.5) is 0 Å². The number of hydrogen-bond acceptors (Lipinski definition) is 3. The van der Waals surface area contributed by atoms with Crippen molar-refractivity contribution in [1.82, 2.24) is 0 Å². The second kappa shape index (κ2) is 10.4. The Bertz CT molecular complexity index is 434. The summed E-state index contributed by atoms with van der Waals surface area (Å²) in [6.45, 7) is 6.65. The molecule has 0 radical (unpaired) electrons. The largest absolute Gasteiger partial charge is 0.456 e. The van der Waals surface area contributed by atoms with Crippen LogP contribution in [0.15, 0.2) is 18.2 Å². The minimum atomic E-state index is -0.248. The summed E-state index contributed by atoms with van der Waals surface area (Å²) < 4.78 is 10.8. The number of unbranched alkanes of at least 4 members (excludes halogenated alkanes) is 4. The van der Waals surface area contributed by atoms with E-state index in [0.29, 0.717) is 12.2 Å². The van der Waals surface area contributed by atoms with E-state index in [1.54, 1.807) is 7.11 Å². The normalized spacial score (nSPS) is 12.2. The molecule has 0 bridgehead atoms. The Balaban J connectivity index is 2.52. The molecule has 1 rings (SSSR count). The highest BCUT2D eigenvalue weighted by Gasteiger charge is 2.16. The van der Waals surface area contributed by atoms with Gasteiger partial charge in [-0.1, -0.05) is 49.8 Å². The van der Waals surface area contributed by atoms with Crippen LogP contribution in [0, 0.1) is 13.8 Å². The van der Waals surface area contributed by atoms with Gasteiger partial charge in [0.25, 0.3) is 0 Å². The van der Waals surface area contributed by atoms with Crippen molar-refractivity contribution in [3.8, 4) is 0 Å². The molecule has 0 N–H and O–H groups in total. The van der Waals surface area contributed by atoms with Crippen LogP contribution in [0.5, 0.6) is 0 Å². The van der Waals surface area contributed by atoms with E-state index >= 15 is 0 Å². The van der Waals surface area contributed by atoms with Gasteiger partial charge in [0, 0.05) is 7.11 Å². The molecule has 3 nitrogen and oxygen atoms in total. The van der Waals surface area contributed by atoms with Crippen LogP contribution in [0.1, 0.15) is 66.9 Å². The van der Waals surface area contributed by atoms with E-state index in [4.69, 9.17) is 9.47 Å². The molecular formula is C19H30O3. The molecule has 124 valence electrons. The van der Waals surface area contributed by atoms with Crippen molar-refractivity contribution in [1.29, 1.82) is 0 Å². The Labute approximate surface area is 135 Å². The molecular weight excluding hydrogens is 276 g/mol. The zero-order chi connectivity index (χ0) is 16.4. The number of carbonyl (C=O) groups is 1. The Hall–Kier alpha value is -1.35. The van der Waals surface area contributed by atoms with E-state index in [1.807, 2.05) is 26.0 Å². The van der Waals surface area contributed by atoms with Crippen LogP contribution in [0.25, 0.3) is 0 Å². The minimum absolute atomic E-state index is 0.153. The SMILES string of the molecule is CCCCCCCC(COC)OC(=O)c1cc(C)cc(C)c1. The van der Waals surface area contributed by atoms with Gasteiger partial charge in [0.15, 0.2) is 0 Å². The van der Waals surface area contributed by atoms with E-state index < -0.39 is 0 Å². The molecule has 0 fully saturated rings. The molecule has 1 aromatic rings. The van der Waals surface area contributed by atoms with Gasteiger partial charge in [0.2, 0.25) is 0 Å². The number of hydrogen-bond donors (Lipinski definition) is 0. The van der Waals surface area contributed by atoms with Crippen LogP contribution < -0.4 is 0 Å². The van der Waals surface area contributed by atoms with E-state index in [2.05, 4.69) is 13.0 Å². The number of methoxy groups -OCH3 is 1. The number of ether oxygens (including phenoxy) is 2. The number of carbonyl (C=O) groups excluding carboxylic acids is 1. The fraction of sp³-hybridized carbons (Fsp3) is 0.632. The lowest BCUT2D eigenvalue weighted by atomic mass is 10.1.